The average Bonchev–Trinajstić information content (AvgIpc) is 2.53. The van der Waals surface area contributed by atoms with Crippen LogP contribution in [0.2, 0.25) is 0 Å². The van der Waals surface area contributed by atoms with E-state index in [2.05, 4.69) is 0 Å². The minimum Gasteiger partial charge on any atom is -0.298 e. The summed E-state index contributed by atoms with van der Waals surface area (Å²) in [5, 5.41) is 0.750. The number of hydrogen-bond donors (Lipinski definition) is 0. The number of alkyl halides is 1. The molecule has 0 saturated carbocycles. The molecule has 1 unspecified atom stereocenters. The molecule has 0 fully saturated rings. The predicted molar refractivity (Wildman–Crippen MR) is 49.0 cm³/mol. The lowest BCUT2D eigenvalue weighted by molar-refractivity contribution is -0.115. The monoisotopic (exact) mass is 202 g/mol. The van der Waals surface area contributed by atoms with E-state index < -0.39 is 5.38 Å². The molecular formula is C8H7ClO2S. The largest absolute Gasteiger partial charge is 0.298 e. The van der Waals surface area contributed by atoms with Crippen LogP contribution in [0.4, 0.5) is 0 Å². The summed E-state index contributed by atoms with van der Waals surface area (Å²) in [5.41, 5.74) is 0. The lowest BCUT2D eigenvalue weighted by Gasteiger charge is -2.00. The second kappa shape index (κ2) is 3.83. The third kappa shape index (κ3) is 1.93. The summed E-state index contributed by atoms with van der Waals surface area (Å²) < 4.78 is 0. The van der Waals surface area contributed by atoms with Gasteiger partial charge in [-0.25, -0.2) is 0 Å². The van der Waals surface area contributed by atoms with E-state index in [-0.39, 0.29) is 11.6 Å². The predicted octanol–water partition coefficient (Wildman–Crippen LogP) is 2.13. The average molecular weight is 203 g/mol. The summed E-state index contributed by atoms with van der Waals surface area (Å²) in [6.45, 7) is 1.31. The summed E-state index contributed by atoms with van der Waals surface area (Å²) >= 11 is 6.86. The fourth-order valence-electron chi connectivity index (χ4n) is 0.728. The first-order valence-corrected chi connectivity index (χ1v) is 4.67. The van der Waals surface area contributed by atoms with Crippen LogP contribution in [0.1, 0.15) is 16.6 Å². The minimum atomic E-state index is -1.02. The van der Waals surface area contributed by atoms with Crippen LogP contribution in [-0.2, 0) is 4.79 Å². The van der Waals surface area contributed by atoms with Gasteiger partial charge in [0.05, 0.1) is 4.88 Å². The zero-order valence-corrected chi connectivity index (χ0v) is 7.98. The molecule has 1 atom stereocenters. The molecule has 0 saturated heterocycles. The van der Waals surface area contributed by atoms with E-state index in [1.165, 1.54) is 18.3 Å². The van der Waals surface area contributed by atoms with Crippen molar-refractivity contribution in [3.63, 3.8) is 0 Å². The van der Waals surface area contributed by atoms with E-state index in [0.29, 0.717) is 4.88 Å². The molecule has 0 amide bonds. The first kappa shape index (κ1) is 9.42. The smallest absolute Gasteiger partial charge is 0.198 e. The van der Waals surface area contributed by atoms with Gasteiger partial charge in [0, 0.05) is 0 Å². The molecule has 1 heterocycles. The van der Waals surface area contributed by atoms with Crippen LogP contribution in [0.25, 0.3) is 0 Å². The summed E-state index contributed by atoms with van der Waals surface area (Å²) in [5.74, 6) is -0.616. The van der Waals surface area contributed by atoms with Crippen LogP contribution in [0, 0.1) is 0 Å². The van der Waals surface area contributed by atoms with Crippen molar-refractivity contribution >= 4 is 34.5 Å². The first-order chi connectivity index (χ1) is 5.63. The quantitative estimate of drug-likeness (QED) is 0.428. The Balaban J connectivity index is 2.79. The fourth-order valence-corrected chi connectivity index (χ4v) is 1.61. The topological polar surface area (TPSA) is 34.1 Å². The van der Waals surface area contributed by atoms with Gasteiger partial charge >= 0.3 is 0 Å². The second-order valence-electron chi connectivity index (χ2n) is 2.31. The van der Waals surface area contributed by atoms with Gasteiger partial charge in [-0.2, -0.15) is 0 Å². The maximum Gasteiger partial charge on any atom is 0.198 e. The molecule has 1 rings (SSSR count). The number of Topliss-reactive ketones (excluding diaryl/α,β-unsaturated/α-hetero) is 2. The second-order valence-corrected chi connectivity index (χ2v) is 3.70. The molecule has 0 bridgehead atoms. The zero-order chi connectivity index (χ0) is 9.14. The van der Waals surface area contributed by atoms with Gasteiger partial charge in [0.15, 0.2) is 16.9 Å². The van der Waals surface area contributed by atoms with E-state index in [9.17, 15) is 9.59 Å². The highest BCUT2D eigenvalue weighted by Gasteiger charge is 2.21. The molecule has 64 valence electrons. The maximum atomic E-state index is 11.3. The summed E-state index contributed by atoms with van der Waals surface area (Å²) in [6.07, 6.45) is 0. The van der Waals surface area contributed by atoms with Crippen molar-refractivity contribution in [1.29, 1.82) is 0 Å². The Morgan fingerprint density at radius 1 is 1.58 bits per heavy atom. The third-order valence-electron chi connectivity index (χ3n) is 1.35. The van der Waals surface area contributed by atoms with Crippen LogP contribution >= 0.6 is 22.9 Å². The first-order valence-electron chi connectivity index (χ1n) is 3.35. The molecule has 0 aromatic carbocycles. The van der Waals surface area contributed by atoms with Gasteiger partial charge in [0.1, 0.15) is 0 Å². The minimum absolute atomic E-state index is 0.306. The molecule has 0 aliphatic carbocycles. The Morgan fingerprint density at radius 2 is 2.25 bits per heavy atom. The van der Waals surface area contributed by atoms with E-state index in [1.807, 2.05) is 0 Å². The number of hydrogen-bond acceptors (Lipinski definition) is 3. The molecule has 12 heavy (non-hydrogen) atoms. The summed E-state index contributed by atoms with van der Waals surface area (Å²) in [4.78, 5) is 22.6. The van der Waals surface area contributed by atoms with Crippen molar-refractivity contribution < 1.29 is 9.59 Å². The van der Waals surface area contributed by atoms with Gasteiger partial charge in [0.25, 0.3) is 0 Å². The Hall–Kier alpha value is -0.670. The van der Waals surface area contributed by atoms with Crippen LogP contribution in [0.5, 0.6) is 0 Å². The van der Waals surface area contributed by atoms with Crippen molar-refractivity contribution in [2.75, 3.05) is 0 Å². The van der Waals surface area contributed by atoms with Gasteiger partial charge in [0.2, 0.25) is 0 Å². The lowest BCUT2D eigenvalue weighted by Crippen LogP contribution is -2.21. The highest BCUT2D eigenvalue weighted by atomic mass is 35.5. The Kier molecular flexibility index (Phi) is 3.00. The van der Waals surface area contributed by atoms with Gasteiger partial charge < -0.3 is 0 Å². The van der Waals surface area contributed by atoms with E-state index in [4.69, 9.17) is 11.6 Å². The van der Waals surface area contributed by atoms with E-state index >= 15 is 0 Å². The van der Waals surface area contributed by atoms with Gasteiger partial charge in [-0.1, -0.05) is 6.07 Å². The number of rotatable bonds is 3. The SMILES string of the molecule is CC(=O)C(Cl)C(=O)c1cccs1. The number of carbonyl (C=O) groups is 2. The molecule has 0 spiro atoms. The highest BCUT2D eigenvalue weighted by molar-refractivity contribution is 7.12. The van der Waals surface area contributed by atoms with Crippen molar-refractivity contribution in [2.45, 2.75) is 12.3 Å². The van der Waals surface area contributed by atoms with Crippen LogP contribution in [0.15, 0.2) is 17.5 Å². The summed E-state index contributed by atoms with van der Waals surface area (Å²) in [7, 11) is 0. The van der Waals surface area contributed by atoms with Crippen LogP contribution in [-0.4, -0.2) is 16.9 Å². The Bertz CT molecular complexity index is 292. The van der Waals surface area contributed by atoms with Crippen molar-refractivity contribution in [1.82, 2.24) is 0 Å². The lowest BCUT2D eigenvalue weighted by atomic mass is 10.2. The molecule has 4 heteroatoms. The Labute approximate surface area is 79.2 Å². The van der Waals surface area contributed by atoms with E-state index in [1.54, 1.807) is 17.5 Å². The molecule has 0 N–H and O–H groups in total. The number of halogens is 1. The summed E-state index contributed by atoms with van der Waals surface area (Å²) in [6, 6.07) is 3.41. The van der Waals surface area contributed by atoms with Crippen LogP contribution < -0.4 is 0 Å². The van der Waals surface area contributed by atoms with Crippen LogP contribution in [0.3, 0.4) is 0 Å². The van der Waals surface area contributed by atoms with Gasteiger partial charge in [-0.05, 0) is 18.4 Å². The molecule has 2 nitrogen and oxygen atoms in total. The molecule has 1 aromatic rings. The van der Waals surface area contributed by atoms with Gasteiger partial charge in [-0.15, -0.1) is 22.9 Å². The molecule has 0 aliphatic heterocycles. The standard InChI is InChI=1S/C8H7ClO2S/c1-5(10)7(9)8(11)6-3-2-4-12-6/h2-4,7H,1H3. The van der Waals surface area contributed by atoms with Gasteiger partial charge in [-0.3, -0.25) is 9.59 Å². The molecule has 0 radical (unpaired) electrons. The normalized spacial score (nSPS) is 12.5. The number of thiophene rings is 1. The number of ketones is 2. The third-order valence-corrected chi connectivity index (χ3v) is 2.74. The van der Waals surface area contributed by atoms with Crippen molar-refractivity contribution in [3.05, 3.63) is 22.4 Å². The van der Waals surface area contributed by atoms with Crippen molar-refractivity contribution in [2.24, 2.45) is 0 Å². The fraction of sp³-hybridized carbons (Fsp3) is 0.250. The number of carbonyl (C=O) groups excluding carboxylic acids is 2. The van der Waals surface area contributed by atoms with E-state index in [0.717, 1.165) is 0 Å². The highest BCUT2D eigenvalue weighted by Crippen LogP contribution is 2.14. The molecule has 1 aromatic heterocycles. The Morgan fingerprint density at radius 3 is 2.67 bits per heavy atom. The zero-order valence-electron chi connectivity index (χ0n) is 6.41. The van der Waals surface area contributed by atoms with Crippen molar-refractivity contribution in [3.8, 4) is 0 Å². The molecular weight excluding hydrogens is 196 g/mol. The maximum absolute atomic E-state index is 11.3. The molecule has 0 aliphatic rings.